The van der Waals surface area contributed by atoms with Crippen LogP contribution >= 0.6 is 0 Å². The number of ether oxygens (including phenoxy) is 1. The topological polar surface area (TPSA) is 61.9 Å². The molecule has 0 bridgehead atoms. The van der Waals surface area contributed by atoms with Gasteiger partial charge in [-0.1, -0.05) is 24.3 Å². The molecule has 6 nitrogen and oxygen atoms in total. The number of rotatable bonds is 7. The number of nitrogens with zero attached hydrogens (tertiary/aromatic N) is 2. The van der Waals surface area contributed by atoms with Crippen LogP contribution in [0, 0.1) is 11.7 Å². The van der Waals surface area contributed by atoms with Crippen LogP contribution in [0.5, 0.6) is 5.75 Å². The summed E-state index contributed by atoms with van der Waals surface area (Å²) in [5, 5.41) is 2.93. The lowest BCUT2D eigenvalue weighted by Crippen LogP contribution is -2.38. The van der Waals surface area contributed by atoms with Gasteiger partial charge in [0.15, 0.2) is 0 Å². The van der Waals surface area contributed by atoms with Gasteiger partial charge in [0.25, 0.3) is 0 Å². The average molecular weight is 399 g/mol. The molecule has 2 aromatic rings. The van der Waals surface area contributed by atoms with Crippen molar-refractivity contribution in [3.05, 3.63) is 59.9 Å². The molecule has 1 heterocycles. The lowest BCUT2D eigenvalue weighted by atomic mass is 10.0. The van der Waals surface area contributed by atoms with Gasteiger partial charge >= 0.3 is 0 Å². The van der Waals surface area contributed by atoms with Crippen molar-refractivity contribution in [2.24, 2.45) is 5.92 Å². The fourth-order valence-corrected chi connectivity index (χ4v) is 3.62. The van der Waals surface area contributed by atoms with Crippen molar-refractivity contribution in [1.29, 1.82) is 0 Å². The van der Waals surface area contributed by atoms with Crippen molar-refractivity contribution in [2.45, 2.75) is 12.5 Å². The predicted octanol–water partition coefficient (Wildman–Crippen LogP) is 2.61. The van der Waals surface area contributed by atoms with Crippen LogP contribution in [0.2, 0.25) is 0 Å². The zero-order chi connectivity index (χ0) is 21.0. The molecule has 1 saturated heterocycles. The molecule has 29 heavy (non-hydrogen) atoms. The van der Waals surface area contributed by atoms with Gasteiger partial charge in [0.05, 0.1) is 24.8 Å². The van der Waals surface area contributed by atoms with E-state index in [1.807, 2.05) is 43.3 Å². The summed E-state index contributed by atoms with van der Waals surface area (Å²) in [4.78, 5) is 28.8. The fraction of sp³-hybridized carbons (Fsp3) is 0.364. The quantitative estimate of drug-likeness (QED) is 0.778. The third-order valence-electron chi connectivity index (χ3n) is 5.20. The van der Waals surface area contributed by atoms with Crippen LogP contribution in [-0.2, 0) is 9.59 Å². The molecule has 2 atom stereocenters. The van der Waals surface area contributed by atoms with Gasteiger partial charge < -0.3 is 19.9 Å². The number of halogens is 1. The number of hydrogen-bond acceptors (Lipinski definition) is 4. The van der Waals surface area contributed by atoms with Crippen LogP contribution in [0.15, 0.2) is 48.5 Å². The fourth-order valence-electron chi connectivity index (χ4n) is 3.62. The smallest absolute Gasteiger partial charge is 0.227 e. The summed E-state index contributed by atoms with van der Waals surface area (Å²) in [5.41, 5.74) is 1.45. The van der Waals surface area contributed by atoms with Gasteiger partial charge in [-0.2, -0.15) is 0 Å². The maximum Gasteiger partial charge on any atom is 0.227 e. The highest BCUT2D eigenvalue weighted by atomic mass is 19.1. The molecule has 2 aromatic carbocycles. The summed E-state index contributed by atoms with van der Waals surface area (Å²) in [7, 11) is 5.31. The Labute approximate surface area is 170 Å². The van der Waals surface area contributed by atoms with E-state index in [0.29, 0.717) is 24.5 Å². The van der Waals surface area contributed by atoms with E-state index in [-0.39, 0.29) is 30.1 Å². The van der Waals surface area contributed by atoms with Crippen molar-refractivity contribution in [3.8, 4) is 5.75 Å². The highest BCUT2D eigenvalue weighted by Crippen LogP contribution is 2.32. The minimum Gasteiger partial charge on any atom is -0.495 e. The first-order chi connectivity index (χ1) is 13.9. The van der Waals surface area contributed by atoms with E-state index in [4.69, 9.17) is 4.74 Å². The first-order valence-electron chi connectivity index (χ1n) is 9.53. The van der Waals surface area contributed by atoms with Crippen molar-refractivity contribution in [2.75, 3.05) is 39.2 Å². The molecular weight excluding hydrogens is 373 g/mol. The van der Waals surface area contributed by atoms with Crippen molar-refractivity contribution >= 4 is 17.5 Å². The molecule has 0 saturated carbocycles. The minimum absolute atomic E-state index is 0.107. The molecule has 0 radical (unpaired) electrons. The first-order valence-corrected chi connectivity index (χ1v) is 9.53. The highest BCUT2D eigenvalue weighted by molar-refractivity contribution is 6.01. The highest BCUT2D eigenvalue weighted by Gasteiger charge is 2.36. The Balaban J connectivity index is 1.66. The van der Waals surface area contributed by atoms with E-state index in [2.05, 4.69) is 5.32 Å². The van der Waals surface area contributed by atoms with Crippen LogP contribution in [0.1, 0.15) is 18.0 Å². The van der Waals surface area contributed by atoms with Gasteiger partial charge in [0, 0.05) is 19.5 Å². The van der Waals surface area contributed by atoms with Crippen LogP contribution < -0.4 is 15.0 Å². The van der Waals surface area contributed by atoms with Gasteiger partial charge in [0.1, 0.15) is 11.6 Å². The second kappa shape index (κ2) is 9.05. The summed E-state index contributed by atoms with van der Waals surface area (Å²) in [6.45, 7) is 0.631. The Hall–Kier alpha value is -2.93. The van der Waals surface area contributed by atoms with E-state index in [1.54, 1.807) is 24.1 Å². The predicted molar refractivity (Wildman–Crippen MR) is 109 cm³/mol. The average Bonchev–Trinajstić information content (AvgIpc) is 3.09. The molecule has 1 aliphatic rings. The maximum atomic E-state index is 13.6. The Morgan fingerprint density at radius 1 is 1.28 bits per heavy atom. The molecular formula is C22H26FN3O3. The molecule has 0 unspecified atom stereocenters. The van der Waals surface area contributed by atoms with Gasteiger partial charge in [-0.15, -0.1) is 0 Å². The molecule has 0 aromatic heterocycles. The van der Waals surface area contributed by atoms with Crippen molar-refractivity contribution in [3.63, 3.8) is 0 Å². The summed E-state index contributed by atoms with van der Waals surface area (Å²) in [5.74, 6) is -0.444. The van der Waals surface area contributed by atoms with Crippen LogP contribution in [0.3, 0.4) is 0 Å². The summed E-state index contributed by atoms with van der Waals surface area (Å²) in [6, 6.07) is 13.5. The van der Waals surface area contributed by atoms with E-state index in [9.17, 15) is 14.0 Å². The Morgan fingerprint density at radius 2 is 2.03 bits per heavy atom. The van der Waals surface area contributed by atoms with E-state index < -0.39 is 5.92 Å². The molecule has 0 aliphatic carbocycles. The molecule has 1 fully saturated rings. The number of carbonyl (C=O) groups excluding carboxylic acids is 2. The number of amides is 2. The van der Waals surface area contributed by atoms with Gasteiger partial charge in [-0.25, -0.2) is 4.39 Å². The second-order valence-electron chi connectivity index (χ2n) is 7.36. The Kier molecular flexibility index (Phi) is 6.49. The van der Waals surface area contributed by atoms with Gasteiger partial charge in [0.2, 0.25) is 11.8 Å². The molecule has 1 aliphatic heterocycles. The van der Waals surface area contributed by atoms with E-state index in [0.717, 1.165) is 5.56 Å². The number of methoxy groups -OCH3 is 1. The Morgan fingerprint density at radius 3 is 2.72 bits per heavy atom. The van der Waals surface area contributed by atoms with Crippen molar-refractivity contribution < 1.29 is 18.7 Å². The standard InChI is InChI=1S/C22H26FN3O3/c1-25(2)19(15-7-6-8-17(23)11-15)13-24-22(28)16-12-21(27)26(14-16)18-9-4-5-10-20(18)29-3/h4-11,16,19H,12-14H2,1-3H3,(H,24,28)/t16-,19+/m1/s1. The van der Waals surface area contributed by atoms with Crippen LogP contribution in [0.4, 0.5) is 10.1 Å². The van der Waals surface area contributed by atoms with Crippen LogP contribution in [0.25, 0.3) is 0 Å². The zero-order valence-electron chi connectivity index (χ0n) is 16.9. The normalized spacial score (nSPS) is 17.5. The molecule has 154 valence electrons. The summed E-state index contributed by atoms with van der Waals surface area (Å²) < 4.78 is 18.9. The van der Waals surface area contributed by atoms with Crippen LogP contribution in [-0.4, -0.2) is 51.0 Å². The second-order valence-corrected chi connectivity index (χ2v) is 7.36. The number of hydrogen-bond donors (Lipinski definition) is 1. The number of benzene rings is 2. The molecule has 0 spiro atoms. The number of nitrogens with one attached hydrogen (secondary N) is 1. The van der Waals surface area contributed by atoms with Gasteiger partial charge in [-0.05, 0) is 43.9 Å². The number of anilines is 1. The van der Waals surface area contributed by atoms with E-state index in [1.165, 1.54) is 12.1 Å². The zero-order valence-corrected chi connectivity index (χ0v) is 16.9. The largest absolute Gasteiger partial charge is 0.495 e. The monoisotopic (exact) mass is 399 g/mol. The van der Waals surface area contributed by atoms with Crippen molar-refractivity contribution in [1.82, 2.24) is 10.2 Å². The molecule has 7 heteroatoms. The molecule has 1 N–H and O–H groups in total. The summed E-state index contributed by atoms with van der Waals surface area (Å²) in [6.07, 6.45) is 0.149. The number of para-hydroxylation sites is 2. The lowest BCUT2D eigenvalue weighted by molar-refractivity contribution is -0.126. The SMILES string of the molecule is COc1ccccc1N1C[C@H](C(=O)NC[C@@H](c2cccc(F)c2)N(C)C)CC1=O. The number of likely N-dealkylation sites (N-methyl/N-ethyl adjacent to an activating group) is 1. The molecule has 3 rings (SSSR count). The van der Waals surface area contributed by atoms with E-state index >= 15 is 0 Å². The van der Waals surface area contributed by atoms with Gasteiger partial charge in [-0.3, -0.25) is 9.59 Å². The lowest BCUT2D eigenvalue weighted by Gasteiger charge is -2.26. The summed E-state index contributed by atoms with van der Waals surface area (Å²) >= 11 is 0. The third-order valence-corrected chi connectivity index (χ3v) is 5.20. The minimum atomic E-state index is -0.442. The maximum absolute atomic E-state index is 13.6. The molecule has 2 amide bonds. The Bertz CT molecular complexity index is 887. The first kappa shape index (κ1) is 20.8. The third kappa shape index (κ3) is 4.74. The number of carbonyl (C=O) groups is 2.